The monoisotopic (exact) mass is 438 g/mol. The van der Waals surface area contributed by atoms with Gasteiger partial charge in [-0.2, -0.15) is 0 Å². The first-order chi connectivity index (χ1) is 12.8. The van der Waals surface area contributed by atoms with Crippen LogP contribution in [0.25, 0.3) is 0 Å². The molecule has 0 radical (unpaired) electrons. The predicted molar refractivity (Wildman–Crippen MR) is 105 cm³/mol. The van der Waals surface area contributed by atoms with Gasteiger partial charge in [0.1, 0.15) is 16.2 Å². The first kappa shape index (κ1) is 19.9. The summed E-state index contributed by atoms with van der Waals surface area (Å²) in [4.78, 5) is 28.7. The molecule has 8 heteroatoms. The minimum atomic E-state index is -0.473. The number of rotatable bonds is 8. The van der Waals surface area contributed by atoms with Gasteiger partial charge in [0.05, 0.1) is 6.04 Å². The van der Waals surface area contributed by atoms with Crippen molar-refractivity contribution in [2.24, 2.45) is 11.3 Å². The number of fused-ring (bicyclic) bond motifs is 1. The Kier molecular flexibility index (Phi) is 5.95. The molecule has 2 aliphatic rings. The standard InChI is InChI=1S/C19H24BrFN4O2/c1-3-4-5-11(2)17(26)22-10-19-8-13(23-14(19)9-19)18(27)25-16-7-12(21)6-15(20)24-16/h3,6-7,11,13-14,23H,1,4-5,8-10H2,2H3,(H,22,26)(H,24,25,27)/t11-,13+,14-,19+/m1/s1. The van der Waals surface area contributed by atoms with E-state index in [0.29, 0.717) is 17.6 Å². The Bertz CT molecular complexity index is 739. The Morgan fingerprint density at radius 2 is 2.30 bits per heavy atom. The van der Waals surface area contributed by atoms with Crippen molar-refractivity contribution in [3.05, 3.63) is 35.2 Å². The molecule has 1 aromatic rings. The third-order valence-electron chi connectivity index (χ3n) is 5.40. The molecule has 2 fully saturated rings. The number of carbonyl (C=O) groups is 2. The van der Waals surface area contributed by atoms with Gasteiger partial charge >= 0.3 is 0 Å². The fraction of sp³-hybridized carbons (Fsp3) is 0.526. The number of hydrogen-bond acceptors (Lipinski definition) is 4. The molecule has 0 bridgehead atoms. The number of halogens is 2. The van der Waals surface area contributed by atoms with Gasteiger partial charge in [0, 0.05) is 36.1 Å². The normalized spacial score (nSPS) is 26.8. The summed E-state index contributed by atoms with van der Waals surface area (Å²) in [5, 5.41) is 8.97. The summed E-state index contributed by atoms with van der Waals surface area (Å²) in [6.45, 7) is 6.15. The third-order valence-corrected chi connectivity index (χ3v) is 5.80. The van der Waals surface area contributed by atoms with E-state index in [1.165, 1.54) is 12.1 Å². The van der Waals surface area contributed by atoms with Crippen molar-refractivity contribution in [3.8, 4) is 0 Å². The Morgan fingerprint density at radius 3 is 3.00 bits per heavy atom. The van der Waals surface area contributed by atoms with E-state index < -0.39 is 5.82 Å². The molecule has 2 heterocycles. The zero-order valence-electron chi connectivity index (χ0n) is 15.2. The number of pyridine rings is 1. The zero-order valence-corrected chi connectivity index (χ0v) is 16.8. The molecule has 1 aliphatic heterocycles. The molecule has 146 valence electrons. The van der Waals surface area contributed by atoms with Crippen LogP contribution in [0.3, 0.4) is 0 Å². The average molecular weight is 439 g/mol. The fourth-order valence-corrected chi connectivity index (χ4v) is 4.04. The van der Waals surface area contributed by atoms with Crippen molar-refractivity contribution in [1.82, 2.24) is 15.6 Å². The summed E-state index contributed by atoms with van der Waals surface area (Å²) in [7, 11) is 0. The molecule has 1 saturated heterocycles. The average Bonchev–Trinajstić information content (AvgIpc) is 3.16. The van der Waals surface area contributed by atoms with Crippen molar-refractivity contribution >= 4 is 33.6 Å². The van der Waals surface area contributed by atoms with Gasteiger partial charge in [-0.1, -0.05) is 13.0 Å². The van der Waals surface area contributed by atoms with Crippen LogP contribution in [0.2, 0.25) is 0 Å². The summed E-state index contributed by atoms with van der Waals surface area (Å²) in [6.07, 6.45) is 5.00. The largest absolute Gasteiger partial charge is 0.355 e. The number of nitrogens with zero attached hydrogens (tertiary/aromatic N) is 1. The molecular formula is C19H24BrFN4O2. The Balaban J connectivity index is 1.50. The molecule has 4 atom stereocenters. The highest BCUT2D eigenvalue weighted by Crippen LogP contribution is 2.54. The number of piperidine rings is 1. The van der Waals surface area contributed by atoms with Crippen LogP contribution in [0.15, 0.2) is 29.4 Å². The van der Waals surface area contributed by atoms with E-state index >= 15 is 0 Å². The summed E-state index contributed by atoms with van der Waals surface area (Å²) < 4.78 is 13.7. The van der Waals surface area contributed by atoms with Crippen molar-refractivity contribution in [3.63, 3.8) is 0 Å². The lowest BCUT2D eigenvalue weighted by Crippen LogP contribution is -2.38. The molecule has 1 saturated carbocycles. The van der Waals surface area contributed by atoms with Gasteiger partial charge in [0.2, 0.25) is 11.8 Å². The van der Waals surface area contributed by atoms with Crippen LogP contribution in [0.5, 0.6) is 0 Å². The molecule has 6 nitrogen and oxygen atoms in total. The van der Waals surface area contributed by atoms with Crippen molar-refractivity contribution < 1.29 is 14.0 Å². The molecule has 0 unspecified atom stereocenters. The van der Waals surface area contributed by atoms with Crippen LogP contribution in [0.1, 0.15) is 32.6 Å². The third kappa shape index (κ3) is 4.73. The van der Waals surface area contributed by atoms with Crippen LogP contribution in [0.4, 0.5) is 10.2 Å². The molecule has 0 spiro atoms. The van der Waals surface area contributed by atoms with Gasteiger partial charge in [-0.25, -0.2) is 9.37 Å². The van der Waals surface area contributed by atoms with Crippen LogP contribution in [-0.4, -0.2) is 35.4 Å². The summed E-state index contributed by atoms with van der Waals surface area (Å²) in [6, 6.07) is 2.26. The Hall–Kier alpha value is -1.80. The number of anilines is 1. The molecule has 3 rings (SSSR count). The molecule has 27 heavy (non-hydrogen) atoms. The van der Waals surface area contributed by atoms with E-state index in [1.54, 1.807) is 0 Å². The maximum Gasteiger partial charge on any atom is 0.242 e. The topological polar surface area (TPSA) is 83.1 Å². The summed E-state index contributed by atoms with van der Waals surface area (Å²) in [5.41, 5.74) is -0.0637. The van der Waals surface area contributed by atoms with E-state index in [2.05, 4.69) is 43.4 Å². The number of amides is 2. The van der Waals surface area contributed by atoms with E-state index in [-0.39, 0.29) is 41.0 Å². The minimum absolute atomic E-state index is 0.0404. The lowest BCUT2D eigenvalue weighted by Gasteiger charge is -2.18. The lowest BCUT2D eigenvalue weighted by molar-refractivity contribution is -0.124. The van der Waals surface area contributed by atoms with Gasteiger partial charge < -0.3 is 16.0 Å². The second kappa shape index (κ2) is 8.06. The second-order valence-electron chi connectivity index (χ2n) is 7.51. The Labute approximate surface area is 166 Å². The first-order valence-corrected chi connectivity index (χ1v) is 9.91. The molecule has 1 aliphatic carbocycles. The van der Waals surface area contributed by atoms with E-state index in [9.17, 15) is 14.0 Å². The maximum atomic E-state index is 13.4. The van der Waals surface area contributed by atoms with Crippen LogP contribution < -0.4 is 16.0 Å². The molecule has 0 aromatic carbocycles. The molecule has 3 N–H and O–H groups in total. The van der Waals surface area contributed by atoms with E-state index in [4.69, 9.17) is 0 Å². The number of aromatic nitrogens is 1. The molecule has 1 aromatic heterocycles. The highest BCUT2D eigenvalue weighted by Gasteiger charge is 2.61. The van der Waals surface area contributed by atoms with E-state index in [1.807, 2.05) is 13.0 Å². The maximum absolute atomic E-state index is 13.4. The summed E-state index contributed by atoms with van der Waals surface area (Å²) in [5.74, 6) is -0.551. The van der Waals surface area contributed by atoms with Gasteiger partial charge in [0.25, 0.3) is 0 Å². The van der Waals surface area contributed by atoms with E-state index in [0.717, 1.165) is 19.3 Å². The van der Waals surface area contributed by atoms with Crippen molar-refractivity contribution in [2.75, 3.05) is 11.9 Å². The van der Waals surface area contributed by atoms with Crippen LogP contribution in [-0.2, 0) is 9.59 Å². The van der Waals surface area contributed by atoms with Crippen molar-refractivity contribution in [1.29, 1.82) is 0 Å². The summed E-state index contributed by atoms with van der Waals surface area (Å²) >= 11 is 3.11. The highest BCUT2D eigenvalue weighted by molar-refractivity contribution is 9.10. The van der Waals surface area contributed by atoms with Gasteiger partial charge in [-0.15, -0.1) is 6.58 Å². The second-order valence-corrected chi connectivity index (χ2v) is 8.32. The van der Waals surface area contributed by atoms with Gasteiger partial charge in [-0.3, -0.25) is 9.59 Å². The molecular weight excluding hydrogens is 415 g/mol. The van der Waals surface area contributed by atoms with Crippen LogP contribution in [0, 0.1) is 17.2 Å². The van der Waals surface area contributed by atoms with Crippen molar-refractivity contribution in [2.45, 2.75) is 44.7 Å². The zero-order chi connectivity index (χ0) is 19.6. The van der Waals surface area contributed by atoms with Crippen LogP contribution >= 0.6 is 15.9 Å². The Morgan fingerprint density at radius 1 is 1.52 bits per heavy atom. The quantitative estimate of drug-likeness (QED) is 0.430. The lowest BCUT2D eigenvalue weighted by atomic mass is 9.98. The fourth-order valence-electron chi connectivity index (χ4n) is 3.63. The SMILES string of the molecule is C=CCC[C@@H](C)C(=O)NC[C@@]12C[C@@H](C(=O)Nc3cc(F)cc(Br)n3)N[C@@H]1C2. The smallest absolute Gasteiger partial charge is 0.242 e. The minimum Gasteiger partial charge on any atom is -0.355 e. The molecule has 2 amide bonds. The number of carbonyl (C=O) groups excluding carboxylic acids is 2. The van der Waals surface area contributed by atoms with Gasteiger partial charge in [-0.05, 0) is 41.6 Å². The number of hydrogen-bond donors (Lipinski definition) is 3. The first-order valence-electron chi connectivity index (χ1n) is 9.11. The number of nitrogens with one attached hydrogen (secondary N) is 3. The highest BCUT2D eigenvalue weighted by atomic mass is 79.9. The predicted octanol–water partition coefficient (Wildman–Crippen LogP) is 2.76. The number of allylic oxidation sites excluding steroid dienone is 1. The van der Waals surface area contributed by atoms with Gasteiger partial charge in [0.15, 0.2) is 0 Å².